The molecule has 102 valence electrons. The molecule has 2 nitrogen and oxygen atoms in total. The highest BCUT2D eigenvalue weighted by Crippen LogP contribution is 2.23. The van der Waals surface area contributed by atoms with Crippen molar-refractivity contribution in [2.45, 2.75) is 26.3 Å². The topological polar surface area (TPSA) is 21.3 Å². The Balaban J connectivity index is 1.99. The van der Waals surface area contributed by atoms with Crippen molar-refractivity contribution < 1.29 is 4.74 Å². The van der Waals surface area contributed by atoms with Crippen molar-refractivity contribution in [1.82, 2.24) is 5.32 Å². The molecule has 0 fully saturated rings. The summed E-state index contributed by atoms with van der Waals surface area (Å²) >= 11 is 0. The highest BCUT2D eigenvalue weighted by Gasteiger charge is 2.07. The van der Waals surface area contributed by atoms with E-state index in [1.54, 1.807) is 0 Å². The van der Waals surface area contributed by atoms with Crippen LogP contribution in [0.5, 0.6) is 0 Å². The highest BCUT2D eigenvalue weighted by molar-refractivity contribution is 5.86. The third kappa shape index (κ3) is 3.79. The van der Waals surface area contributed by atoms with Crippen LogP contribution >= 0.6 is 0 Å². The maximum Gasteiger partial charge on any atom is 0.0477 e. The Bertz CT molecular complexity index is 504. The second-order valence-electron chi connectivity index (χ2n) is 4.79. The second-order valence-corrected chi connectivity index (χ2v) is 4.79. The fraction of sp³-hybridized carbons (Fsp3) is 0.412. The van der Waals surface area contributed by atoms with Gasteiger partial charge in [-0.25, -0.2) is 0 Å². The van der Waals surface area contributed by atoms with Crippen molar-refractivity contribution in [1.29, 1.82) is 0 Å². The molecule has 2 aromatic rings. The molecule has 0 amide bonds. The number of nitrogens with one attached hydrogen (secondary N) is 1. The normalized spacial score (nSPS) is 12.7. The first-order valence-electron chi connectivity index (χ1n) is 7.11. The quantitative estimate of drug-likeness (QED) is 0.759. The smallest absolute Gasteiger partial charge is 0.0477 e. The fourth-order valence-corrected chi connectivity index (χ4v) is 2.38. The first-order valence-corrected chi connectivity index (χ1v) is 7.11. The van der Waals surface area contributed by atoms with Crippen LogP contribution in [0.1, 0.15) is 31.9 Å². The summed E-state index contributed by atoms with van der Waals surface area (Å²) < 4.78 is 5.35. The molecule has 0 aliphatic carbocycles. The van der Waals surface area contributed by atoms with E-state index in [4.69, 9.17) is 4.74 Å². The monoisotopic (exact) mass is 257 g/mol. The van der Waals surface area contributed by atoms with Crippen LogP contribution in [0.25, 0.3) is 10.8 Å². The van der Waals surface area contributed by atoms with E-state index in [1.807, 2.05) is 6.92 Å². The maximum absolute atomic E-state index is 5.35. The predicted octanol–water partition coefficient (Wildman–Crippen LogP) is 3.92. The molecule has 0 aliphatic heterocycles. The highest BCUT2D eigenvalue weighted by atomic mass is 16.5. The van der Waals surface area contributed by atoms with Crippen molar-refractivity contribution in [3.05, 3.63) is 48.0 Å². The summed E-state index contributed by atoms with van der Waals surface area (Å²) in [7, 11) is 0. The number of ether oxygens (including phenoxy) is 1. The van der Waals surface area contributed by atoms with Gasteiger partial charge >= 0.3 is 0 Å². The van der Waals surface area contributed by atoms with Crippen molar-refractivity contribution in [3.8, 4) is 0 Å². The van der Waals surface area contributed by atoms with Gasteiger partial charge in [-0.3, -0.25) is 0 Å². The molecule has 19 heavy (non-hydrogen) atoms. The molecule has 0 saturated heterocycles. The molecule has 0 saturated carbocycles. The zero-order valence-electron chi connectivity index (χ0n) is 11.9. The fourth-order valence-electron chi connectivity index (χ4n) is 2.38. The van der Waals surface area contributed by atoms with E-state index in [2.05, 4.69) is 54.7 Å². The molecule has 1 unspecified atom stereocenters. The Kier molecular flexibility index (Phi) is 5.37. The molecule has 0 heterocycles. The van der Waals surface area contributed by atoms with Gasteiger partial charge in [0, 0.05) is 19.3 Å². The van der Waals surface area contributed by atoms with Gasteiger partial charge in [0.25, 0.3) is 0 Å². The minimum absolute atomic E-state index is 0.368. The first kappa shape index (κ1) is 14.0. The van der Waals surface area contributed by atoms with Crippen LogP contribution in [0, 0.1) is 0 Å². The lowest BCUT2D eigenvalue weighted by Gasteiger charge is -2.16. The largest absolute Gasteiger partial charge is 0.382 e. The van der Waals surface area contributed by atoms with Gasteiger partial charge in [0.1, 0.15) is 0 Å². The molecule has 2 heteroatoms. The summed E-state index contributed by atoms with van der Waals surface area (Å²) in [4.78, 5) is 0. The minimum Gasteiger partial charge on any atom is -0.382 e. The van der Waals surface area contributed by atoms with Gasteiger partial charge in [0.05, 0.1) is 0 Å². The van der Waals surface area contributed by atoms with Gasteiger partial charge in [-0.05, 0) is 43.1 Å². The number of hydrogen-bond donors (Lipinski definition) is 1. The molecule has 2 aromatic carbocycles. The minimum atomic E-state index is 0.368. The van der Waals surface area contributed by atoms with Crippen LogP contribution in [-0.2, 0) is 4.74 Å². The molecule has 0 bridgehead atoms. The van der Waals surface area contributed by atoms with Crippen molar-refractivity contribution in [3.63, 3.8) is 0 Å². The summed E-state index contributed by atoms with van der Waals surface area (Å²) in [5, 5.41) is 6.22. The van der Waals surface area contributed by atoms with Crippen LogP contribution in [-0.4, -0.2) is 19.8 Å². The zero-order chi connectivity index (χ0) is 13.5. The van der Waals surface area contributed by atoms with Crippen LogP contribution in [0.4, 0.5) is 0 Å². The van der Waals surface area contributed by atoms with E-state index in [9.17, 15) is 0 Å². The van der Waals surface area contributed by atoms with Crippen LogP contribution in [0.3, 0.4) is 0 Å². The molecule has 1 atom stereocenters. The first-order chi connectivity index (χ1) is 9.33. The molecule has 0 aromatic heterocycles. The molecule has 0 aliphatic rings. The zero-order valence-corrected chi connectivity index (χ0v) is 11.9. The summed E-state index contributed by atoms with van der Waals surface area (Å²) in [5.41, 5.74) is 1.37. The van der Waals surface area contributed by atoms with Crippen LogP contribution < -0.4 is 5.32 Å². The van der Waals surface area contributed by atoms with Gasteiger partial charge in [-0.2, -0.15) is 0 Å². The molecular formula is C17H23NO. The third-order valence-electron chi connectivity index (χ3n) is 3.41. The van der Waals surface area contributed by atoms with E-state index in [0.717, 1.165) is 26.2 Å². The Morgan fingerprint density at radius 2 is 1.89 bits per heavy atom. The lowest BCUT2D eigenvalue weighted by molar-refractivity contribution is 0.144. The standard InChI is InChI=1S/C17H23NO/c1-3-19-13-7-12-18-14(2)16-11-6-9-15-8-4-5-10-17(15)16/h4-6,8-11,14,18H,3,7,12-13H2,1-2H3. The predicted molar refractivity (Wildman–Crippen MR) is 81.5 cm³/mol. The number of benzene rings is 2. The Labute approximate surface area is 115 Å². The maximum atomic E-state index is 5.35. The van der Waals surface area contributed by atoms with E-state index >= 15 is 0 Å². The third-order valence-corrected chi connectivity index (χ3v) is 3.41. The van der Waals surface area contributed by atoms with Crippen molar-refractivity contribution in [2.75, 3.05) is 19.8 Å². The van der Waals surface area contributed by atoms with E-state index in [1.165, 1.54) is 16.3 Å². The summed E-state index contributed by atoms with van der Waals surface area (Å²) in [6.07, 6.45) is 1.06. The van der Waals surface area contributed by atoms with Gasteiger partial charge in [0.2, 0.25) is 0 Å². The number of fused-ring (bicyclic) bond motifs is 1. The average Bonchev–Trinajstić information content (AvgIpc) is 2.46. The molecule has 1 N–H and O–H groups in total. The van der Waals surface area contributed by atoms with Crippen molar-refractivity contribution in [2.24, 2.45) is 0 Å². The van der Waals surface area contributed by atoms with Crippen LogP contribution in [0.15, 0.2) is 42.5 Å². The number of hydrogen-bond acceptors (Lipinski definition) is 2. The lowest BCUT2D eigenvalue weighted by Crippen LogP contribution is -2.21. The lowest BCUT2D eigenvalue weighted by atomic mass is 10.00. The van der Waals surface area contributed by atoms with E-state index in [0.29, 0.717) is 6.04 Å². The Hall–Kier alpha value is -1.38. The van der Waals surface area contributed by atoms with Crippen molar-refractivity contribution >= 4 is 10.8 Å². The SMILES string of the molecule is CCOCCCNC(C)c1cccc2ccccc12. The second kappa shape index (κ2) is 7.27. The van der Waals surface area contributed by atoms with E-state index in [-0.39, 0.29) is 0 Å². The van der Waals surface area contributed by atoms with Gasteiger partial charge in [-0.15, -0.1) is 0 Å². The molecular weight excluding hydrogens is 234 g/mol. The van der Waals surface area contributed by atoms with Gasteiger partial charge in [-0.1, -0.05) is 42.5 Å². The summed E-state index contributed by atoms with van der Waals surface area (Å²) in [5.74, 6) is 0. The molecule has 0 radical (unpaired) electrons. The summed E-state index contributed by atoms with van der Waals surface area (Å²) in [6.45, 7) is 6.89. The van der Waals surface area contributed by atoms with Gasteiger partial charge in [0.15, 0.2) is 0 Å². The average molecular weight is 257 g/mol. The Morgan fingerprint density at radius 1 is 1.11 bits per heavy atom. The molecule has 0 spiro atoms. The summed E-state index contributed by atoms with van der Waals surface area (Å²) in [6, 6.07) is 15.4. The molecule has 2 rings (SSSR count). The number of rotatable bonds is 7. The Morgan fingerprint density at radius 3 is 2.74 bits per heavy atom. The van der Waals surface area contributed by atoms with Gasteiger partial charge < -0.3 is 10.1 Å². The van der Waals surface area contributed by atoms with Crippen LogP contribution in [0.2, 0.25) is 0 Å². The van der Waals surface area contributed by atoms with E-state index < -0.39 is 0 Å².